The number of rotatable bonds is 7. The van der Waals surface area contributed by atoms with Crippen molar-refractivity contribution in [2.45, 2.75) is 41.9 Å². The van der Waals surface area contributed by atoms with Crippen LogP contribution in [0.25, 0.3) is 0 Å². The highest BCUT2D eigenvalue weighted by Gasteiger charge is 2.77. The van der Waals surface area contributed by atoms with Gasteiger partial charge in [0.2, 0.25) is 17.6 Å². The Balaban J connectivity index is 1.60. The minimum absolute atomic E-state index is 0.0448. The molecule has 2 aliphatic heterocycles. The van der Waals surface area contributed by atoms with E-state index in [0.29, 0.717) is 12.0 Å². The fourth-order valence-electron chi connectivity index (χ4n) is 7.43. The molecule has 2 heterocycles. The summed E-state index contributed by atoms with van der Waals surface area (Å²) < 4.78 is 78.6. The van der Waals surface area contributed by atoms with Gasteiger partial charge in [-0.05, 0) is 31.2 Å². The average molecular weight is 687 g/mol. The third-order valence-corrected chi connectivity index (χ3v) is 10.8. The number of alkyl halides is 2. The minimum atomic E-state index is -2.66. The standard InChI is InChI=1S/C31H25Cl2F5N2O6/c1-2-9-39-26(42)15-8-7-13-16(18(15)27(39)43)12-30(32)28(44)40(25-23(37)21(35)20(34)22(36)24(25)38)29(45)31(30,33)19(13)14-5-3-4-6-17(14)46-11-10-41/h3-7,15-16,18-19,41H,2,8-12H2,1H3. The van der Waals surface area contributed by atoms with Crippen LogP contribution >= 0.6 is 23.2 Å². The molecule has 2 aromatic carbocycles. The number of imide groups is 2. The van der Waals surface area contributed by atoms with Crippen molar-refractivity contribution in [2.24, 2.45) is 17.8 Å². The van der Waals surface area contributed by atoms with Crippen molar-refractivity contribution in [3.63, 3.8) is 0 Å². The number of hydrogen-bond donors (Lipinski definition) is 1. The monoisotopic (exact) mass is 686 g/mol. The Labute approximate surface area is 268 Å². The number of amides is 4. The molecule has 6 unspecified atom stereocenters. The molecular formula is C31H25Cl2F5N2O6. The molecule has 1 saturated carbocycles. The number of fused-ring (bicyclic) bond motifs is 4. The minimum Gasteiger partial charge on any atom is -0.491 e. The summed E-state index contributed by atoms with van der Waals surface area (Å²) in [6, 6.07) is 6.02. The van der Waals surface area contributed by atoms with Crippen molar-refractivity contribution in [1.29, 1.82) is 0 Å². The summed E-state index contributed by atoms with van der Waals surface area (Å²) in [4.78, 5) is 51.1. The zero-order chi connectivity index (χ0) is 33.5. The van der Waals surface area contributed by atoms with Crippen LogP contribution in [-0.2, 0) is 19.2 Å². The van der Waals surface area contributed by atoms with Gasteiger partial charge in [0.1, 0.15) is 18.0 Å². The molecule has 8 nitrogen and oxygen atoms in total. The van der Waals surface area contributed by atoms with Crippen LogP contribution in [-0.4, -0.2) is 63.1 Å². The molecule has 4 aliphatic rings. The van der Waals surface area contributed by atoms with E-state index in [2.05, 4.69) is 0 Å². The van der Waals surface area contributed by atoms with Crippen molar-refractivity contribution in [2.75, 3.05) is 24.7 Å². The summed E-state index contributed by atoms with van der Waals surface area (Å²) in [5.74, 6) is -20.6. The van der Waals surface area contributed by atoms with Gasteiger partial charge < -0.3 is 9.84 Å². The SMILES string of the molecule is CCCN1C(=O)C2CC=C3C(CC4(Cl)C(=O)N(c5c(F)c(F)c(F)c(F)c5F)C(=O)C4(Cl)C3c3ccccc3OCCO)C2C1=O. The molecule has 0 bridgehead atoms. The van der Waals surface area contributed by atoms with Crippen LogP contribution in [0, 0.1) is 46.8 Å². The molecular weight excluding hydrogens is 662 g/mol. The highest BCUT2D eigenvalue weighted by Crippen LogP contribution is 2.66. The molecule has 0 spiro atoms. The number of carbonyl (C=O) groups excluding carboxylic acids is 4. The summed E-state index contributed by atoms with van der Waals surface area (Å²) in [6.07, 6.45) is 1.54. The van der Waals surface area contributed by atoms with Crippen molar-refractivity contribution < 1.29 is 51.0 Å². The average Bonchev–Trinajstić information content (AvgIpc) is 3.36. The van der Waals surface area contributed by atoms with Crippen LogP contribution in [0.15, 0.2) is 35.9 Å². The largest absolute Gasteiger partial charge is 0.491 e. The van der Waals surface area contributed by atoms with E-state index in [1.807, 2.05) is 0 Å². The maximum absolute atomic E-state index is 15.1. The fraction of sp³-hybridized carbons (Fsp3) is 0.419. The molecule has 2 saturated heterocycles. The van der Waals surface area contributed by atoms with Crippen molar-refractivity contribution in [3.8, 4) is 5.75 Å². The van der Waals surface area contributed by atoms with Gasteiger partial charge >= 0.3 is 0 Å². The maximum Gasteiger partial charge on any atom is 0.258 e. The zero-order valence-corrected chi connectivity index (χ0v) is 25.5. The fourth-order valence-corrected chi connectivity index (χ4v) is 8.35. The van der Waals surface area contributed by atoms with E-state index in [4.69, 9.17) is 27.9 Å². The van der Waals surface area contributed by atoms with Crippen LogP contribution in [0.3, 0.4) is 0 Å². The van der Waals surface area contributed by atoms with E-state index >= 15 is 8.78 Å². The Bertz CT molecular complexity index is 1710. The van der Waals surface area contributed by atoms with E-state index < -0.39 is 105 Å². The van der Waals surface area contributed by atoms with Crippen molar-refractivity contribution in [3.05, 3.63) is 70.6 Å². The Morgan fingerprint density at radius 1 is 0.913 bits per heavy atom. The first-order valence-electron chi connectivity index (χ1n) is 14.4. The van der Waals surface area contributed by atoms with Crippen LogP contribution in [0.5, 0.6) is 5.75 Å². The number of ether oxygens (including phenoxy) is 1. The first-order valence-corrected chi connectivity index (χ1v) is 15.2. The Kier molecular flexibility index (Phi) is 7.96. The van der Waals surface area contributed by atoms with Crippen LogP contribution in [0.1, 0.15) is 37.7 Å². The molecule has 1 N–H and O–H groups in total. The summed E-state index contributed by atoms with van der Waals surface area (Å²) >= 11 is 14.2. The Morgan fingerprint density at radius 2 is 1.54 bits per heavy atom. The first-order chi connectivity index (χ1) is 21.8. The van der Waals surface area contributed by atoms with Gasteiger partial charge in [0, 0.05) is 18.0 Å². The lowest BCUT2D eigenvalue weighted by molar-refractivity contribution is -0.140. The number of likely N-dealkylation sites (tertiary alicyclic amines) is 1. The van der Waals surface area contributed by atoms with Crippen LogP contribution in [0.4, 0.5) is 27.6 Å². The third-order valence-electron chi connectivity index (χ3n) is 9.34. The number of anilines is 1. The number of carbonyl (C=O) groups is 4. The molecule has 46 heavy (non-hydrogen) atoms. The number of aliphatic hydroxyl groups excluding tert-OH is 1. The molecule has 2 aromatic rings. The van der Waals surface area contributed by atoms with Gasteiger partial charge in [-0.15, -0.1) is 23.2 Å². The molecule has 0 radical (unpaired) electrons. The Morgan fingerprint density at radius 3 is 2.17 bits per heavy atom. The smallest absolute Gasteiger partial charge is 0.258 e. The van der Waals surface area contributed by atoms with Gasteiger partial charge in [0.05, 0.1) is 18.4 Å². The van der Waals surface area contributed by atoms with Gasteiger partial charge in [-0.3, -0.25) is 24.1 Å². The predicted molar refractivity (Wildman–Crippen MR) is 152 cm³/mol. The molecule has 3 fully saturated rings. The predicted octanol–water partition coefficient (Wildman–Crippen LogP) is 4.73. The third kappa shape index (κ3) is 4.13. The number of halogens is 7. The number of para-hydroxylation sites is 1. The Hall–Kier alpha value is -3.55. The maximum atomic E-state index is 15.1. The molecule has 15 heteroatoms. The van der Waals surface area contributed by atoms with Crippen LogP contribution < -0.4 is 9.64 Å². The molecule has 244 valence electrons. The van der Waals surface area contributed by atoms with E-state index in [1.54, 1.807) is 19.1 Å². The van der Waals surface area contributed by atoms with Gasteiger partial charge in [-0.2, -0.15) is 0 Å². The number of allylic oxidation sites excluding steroid dienone is 2. The van der Waals surface area contributed by atoms with E-state index in [1.165, 1.54) is 18.2 Å². The number of nitrogens with zero attached hydrogens (tertiary/aromatic N) is 2. The summed E-state index contributed by atoms with van der Waals surface area (Å²) in [6.45, 7) is 1.26. The highest BCUT2D eigenvalue weighted by molar-refractivity contribution is 6.58. The van der Waals surface area contributed by atoms with Crippen molar-refractivity contribution >= 4 is 52.5 Å². The van der Waals surface area contributed by atoms with Gasteiger partial charge in [0.25, 0.3) is 11.8 Å². The lowest BCUT2D eigenvalue weighted by Gasteiger charge is -2.51. The van der Waals surface area contributed by atoms with E-state index in [9.17, 15) is 37.5 Å². The molecule has 6 atom stereocenters. The molecule has 4 amide bonds. The first kappa shape index (κ1) is 32.4. The van der Waals surface area contributed by atoms with Crippen molar-refractivity contribution in [1.82, 2.24) is 4.90 Å². The van der Waals surface area contributed by atoms with Crippen LogP contribution in [0.2, 0.25) is 0 Å². The molecule has 6 rings (SSSR count). The molecule has 2 aliphatic carbocycles. The number of hydrogen-bond acceptors (Lipinski definition) is 6. The second-order valence-electron chi connectivity index (χ2n) is 11.6. The quantitative estimate of drug-likeness (QED) is 0.113. The summed E-state index contributed by atoms with van der Waals surface area (Å²) in [7, 11) is 0. The second-order valence-corrected chi connectivity index (χ2v) is 12.9. The summed E-state index contributed by atoms with van der Waals surface area (Å²) in [5.41, 5.74) is -1.40. The summed E-state index contributed by atoms with van der Waals surface area (Å²) in [5, 5.41) is 9.42. The van der Waals surface area contributed by atoms with Gasteiger partial charge in [-0.1, -0.05) is 36.8 Å². The van der Waals surface area contributed by atoms with E-state index in [0.717, 1.165) is 4.90 Å². The second kappa shape index (κ2) is 11.3. The zero-order valence-electron chi connectivity index (χ0n) is 24.0. The lowest BCUT2D eigenvalue weighted by Crippen LogP contribution is -2.60. The number of aliphatic hydroxyl groups is 1. The topological polar surface area (TPSA) is 104 Å². The lowest BCUT2D eigenvalue weighted by atomic mass is 9.56. The number of benzene rings is 2. The molecule has 0 aromatic heterocycles. The van der Waals surface area contributed by atoms with E-state index in [-0.39, 0.29) is 35.8 Å². The normalized spacial score (nSPS) is 30.4. The van der Waals surface area contributed by atoms with Gasteiger partial charge in [-0.25, -0.2) is 26.9 Å². The van der Waals surface area contributed by atoms with Gasteiger partial charge in [0.15, 0.2) is 33.0 Å². The highest BCUT2D eigenvalue weighted by atomic mass is 35.5.